The van der Waals surface area contributed by atoms with Gasteiger partial charge in [0.05, 0.1) is 6.04 Å². The van der Waals surface area contributed by atoms with Gasteiger partial charge in [-0.1, -0.05) is 34.1 Å². The van der Waals surface area contributed by atoms with Crippen LogP contribution in [0.3, 0.4) is 0 Å². The first-order valence-corrected chi connectivity index (χ1v) is 6.09. The van der Waals surface area contributed by atoms with Gasteiger partial charge in [0.25, 0.3) is 0 Å². The second-order valence-corrected chi connectivity index (χ2v) is 4.85. The number of nitrogens with one attached hydrogen (secondary N) is 1. The van der Waals surface area contributed by atoms with Crippen molar-refractivity contribution in [3.63, 3.8) is 0 Å². The Hall–Kier alpha value is -0.580. The number of rotatable bonds is 4. The van der Waals surface area contributed by atoms with Gasteiger partial charge in [-0.3, -0.25) is 4.79 Å². The van der Waals surface area contributed by atoms with Crippen LogP contribution < -0.4 is 11.1 Å². The van der Waals surface area contributed by atoms with E-state index in [-0.39, 0.29) is 24.4 Å². The molecule has 1 unspecified atom stereocenters. The zero-order chi connectivity index (χ0) is 12.1. The van der Waals surface area contributed by atoms with E-state index in [1.54, 1.807) is 6.92 Å². The fraction of sp³-hybridized carbons (Fsp3) is 0.417. The van der Waals surface area contributed by atoms with Gasteiger partial charge >= 0.3 is 0 Å². The second-order valence-electron chi connectivity index (χ2n) is 3.99. The summed E-state index contributed by atoms with van der Waals surface area (Å²) in [5.74, 6) is -0.112. The van der Waals surface area contributed by atoms with Gasteiger partial charge < -0.3 is 11.1 Å². The van der Waals surface area contributed by atoms with Crippen LogP contribution in [-0.2, 0) is 11.2 Å². The molecule has 0 bridgehead atoms. The van der Waals surface area contributed by atoms with Crippen molar-refractivity contribution < 1.29 is 4.79 Å². The predicted molar refractivity (Wildman–Crippen MR) is 76.3 cm³/mol. The Morgan fingerprint density at radius 3 is 2.53 bits per heavy atom. The van der Waals surface area contributed by atoms with Crippen molar-refractivity contribution in [3.8, 4) is 0 Å². The molecule has 1 rings (SSSR count). The van der Waals surface area contributed by atoms with E-state index in [4.69, 9.17) is 5.73 Å². The Morgan fingerprint density at radius 1 is 1.41 bits per heavy atom. The highest BCUT2D eigenvalue weighted by Crippen LogP contribution is 2.17. The lowest BCUT2D eigenvalue weighted by Crippen LogP contribution is -2.43. The summed E-state index contributed by atoms with van der Waals surface area (Å²) in [6, 6.07) is 7.62. The largest absolute Gasteiger partial charge is 0.352 e. The standard InChI is InChI=1S/C12H17BrN2O.ClH/c1-8(15-12(16)9(2)14)7-10-5-3-4-6-11(10)13;/h3-6,8-9H,7,14H2,1-2H3,(H,15,16);1H/t8?,9-;/m0./s1. The minimum Gasteiger partial charge on any atom is -0.352 e. The van der Waals surface area contributed by atoms with Gasteiger partial charge in [0.2, 0.25) is 5.91 Å². The van der Waals surface area contributed by atoms with Crippen molar-refractivity contribution in [2.45, 2.75) is 32.4 Å². The molecule has 1 amide bonds. The van der Waals surface area contributed by atoms with Crippen LogP contribution in [0.15, 0.2) is 28.7 Å². The molecular formula is C12H18BrClN2O. The van der Waals surface area contributed by atoms with Gasteiger partial charge in [-0.15, -0.1) is 12.4 Å². The summed E-state index contributed by atoms with van der Waals surface area (Å²) in [5, 5.41) is 2.87. The third kappa shape index (κ3) is 5.52. The zero-order valence-corrected chi connectivity index (χ0v) is 12.3. The van der Waals surface area contributed by atoms with Crippen molar-refractivity contribution in [3.05, 3.63) is 34.3 Å². The smallest absolute Gasteiger partial charge is 0.236 e. The van der Waals surface area contributed by atoms with E-state index in [1.165, 1.54) is 5.56 Å². The van der Waals surface area contributed by atoms with Gasteiger partial charge in [-0.2, -0.15) is 0 Å². The van der Waals surface area contributed by atoms with Crippen molar-refractivity contribution in [2.75, 3.05) is 0 Å². The molecule has 5 heteroatoms. The Morgan fingerprint density at radius 2 is 2.00 bits per heavy atom. The average Bonchev–Trinajstić information content (AvgIpc) is 2.21. The highest BCUT2D eigenvalue weighted by atomic mass is 79.9. The SMILES string of the molecule is CC(Cc1ccccc1Br)NC(=O)[C@H](C)N.Cl. The van der Waals surface area contributed by atoms with Crippen LogP contribution in [0.25, 0.3) is 0 Å². The van der Waals surface area contributed by atoms with E-state index in [1.807, 2.05) is 31.2 Å². The Balaban J connectivity index is 0.00000256. The first-order valence-electron chi connectivity index (χ1n) is 5.30. The molecule has 0 fully saturated rings. The summed E-state index contributed by atoms with van der Waals surface area (Å²) in [4.78, 5) is 11.4. The van der Waals surface area contributed by atoms with Gasteiger partial charge in [-0.25, -0.2) is 0 Å². The number of carbonyl (C=O) groups is 1. The topological polar surface area (TPSA) is 55.1 Å². The number of hydrogen-bond acceptors (Lipinski definition) is 2. The monoisotopic (exact) mass is 320 g/mol. The van der Waals surface area contributed by atoms with Crippen LogP contribution in [0.2, 0.25) is 0 Å². The molecule has 0 saturated heterocycles. The van der Waals surface area contributed by atoms with Gasteiger partial charge in [0, 0.05) is 10.5 Å². The molecule has 3 N–H and O–H groups in total. The van der Waals surface area contributed by atoms with Crippen LogP contribution in [0.4, 0.5) is 0 Å². The van der Waals surface area contributed by atoms with E-state index in [2.05, 4.69) is 21.2 Å². The Labute approximate surface area is 117 Å². The lowest BCUT2D eigenvalue weighted by atomic mass is 10.1. The molecule has 3 nitrogen and oxygen atoms in total. The molecule has 2 atom stereocenters. The molecule has 0 aliphatic carbocycles. The molecule has 1 aromatic rings. The van der Waals surface area contributed by atoms with Crippen LogP contribution in [0.5, 0.6) is 0 Å². The summed E-state index contributed by atoms with van der Waals surface area (Å²) in [5.41, 5.74) is 6.67. The Kier molecular flexibility index (Phi) is 7.43. The summed E-state index contributed by atoms with van der Waals surface area (Å²) in [6.45, 7) is 3.65. The quantitative estimate of drug-likeness (QED) is 0.894. The van der Waals surface area contributed by atoms with E-state index in [0.717, 1.165) is 10.9 Å². The van der Waals surface area contributed by atoms with Gasteiger partial charge in [-0.05, 0) is 31.9 Å². The molecule has 0 heterocycles. The lowest BCUT2D eigenvalue weighted by Gasteiger charge is -2.16. The number of amides is 1. The molecule has 1 aromatic carbocycles. The fourth-order valence-electron chi connectivity index (χ4n) is 1.42. The maximum absolute atomic E-state index is 11.4. The number of carbonyl (C=O) groups excluding carboxylic acids is 1. The summed E-state index contributed by atoms with van der Waals surface area (Å²) in [6.07, 6.45) is 0.792. The van der Waals surface area contributed by atoms with Crippen molar-refractivity contribution in [1.82, 2.24) is 5.32 Å². The van der Waals surface area contributed by atoms with Crippen molar-refractivity contribution in [1.29, 1.82) is 0 Å². The lowest BCUT2D eigenvalue weighted by molar-refractivity contribution is -0.122. The molecule has 0 spiro atoms. The highest BCUT2D eigenvalue weighted by Gasteiger charge is 2.12. The van der Waals surface area contributed by atoms with Crippen LogP contribution in [0, 0.1) is 0 Å². The van der Waals surface area contributed by atoms with Gasteiger partial charge in [0.15, 0.2) is 0 Å². The molecule has 0 aromatic heterocycles. The van der Waals surface area contributed by atoms with Crippen molar-refractivity contribution >= 4 is 34.2 Å². The van der Waals surface area contributed by atoms with Crippen molar-refractivity contribution in [2.24, 2.45) is 5.73 Å². The number of halogens is 2. The van der Waals surface area contributed by atoms with E-state index >= 15 is 0 Å². The third-order valence-electron chi connectivity index (χ3n) is 2.29. The maximum Gasteiger partial charge on any atom is 0.236 e. The molecule has 17 heavy (non-hydrogen) atoms. The minimum absolute atomic E-state index is 0. The normalized spacial score (nSPS) is 13.4. The summed E-state index contributed by atoms with van der Waals surface area (Å²) in [7, 11) is 0. The first-order chi connectivity index (χ1) is 7.50. The average molecular weight is 322 g/mol. The van der Waals surface area contributed by atoms with Crippen LogP contribution in [0.1, 0.15) is 19.4 Å². The fourth-order valence-corrected chi connectivity index (χ4v) is 1.87. The summed E-state index contributed by atoms with van der Waals surface area (Å²) < 4.78 is 1.07. The number of benzene rings is 1. The molecule has 96 valence electrons. The van der Waals surface area contributed by atoms with Gasteiger partial charge in [0.1, 0.15) is 0 Å². The molecule has 0 aliphatic heterocycles. The molecule has 0 radical (unpaired) electrons. The van der Waals surface area contributed by atoms with E-state index < -0.39 is 6.04 Å². The predicted octanol–water partition coefficient (Wildman–Crippen LogP) is 2.27. The Bertz CT molecular complexity index is 371. The number of nitrogens with two attached hydrogens (primary N) is 1. The first kappa shape index (κ1) is 16.4. The number of hydrogen-bond donors (Lipinski definition) is 2. The zero-order valence-electron chi connectivity index (χ0n) is 9.94. The second kappa shape index (κ2) is 7.69. The van der Waals surface area contributed by atoms with E-state index in [9.17, 15) is 4.79 Å². The minimum atomic E-state index is -0.457. The molecule has 0 saturated carbocycles. The van der Waals surface area contributed by atoms with Crippen LogP contribution in [-0.4, -0.2) is 18.0 Å². The highest BCUT2D eigenvalue weighted by molar-refractivity contribution is 9.10. The third-order valence-corrected chi connectivity index (χ3v) is 3.06. The van der Waals surface area contributed by atoms with E-state index in [0.29, 0.717) is 0 Å². The molecule has 0 aliphatic rings. The maximum atomic E-state index is 11.4. The summed E-state index contributed by atoms with van der Waals surface area (Å²) >= 11 is 3.48. The van der Waals surface area contributed by atoms with Crippen LogP contribution >= 0.6 is 28.3 Å². The molecular weight excluding hydrogens is 304 g/mol.